The SMILES string of the molecule is CC(C)n1cnnc1-c1cccc(NC(=O)c2cc3c(cc2F)OCc2c(C4CC4)ncn2-3)n1. The molecule has 9 nitrogen and oxygen atoms in total. The number of hydrogen-bond acceptors (Lipinski definition) is 6. The van der Waals surface area contributed by atoms with E-state index < -0.39 is 11.7 Å². The number of aromatic nitrogens is 6. The lowest BCUT2D eigenvalue weighted by Crippen LogP contribution is -2.18. The minimum atomic E-state index is -0.669. The van der Waals surface area contributed by atoms with Gasteiger partial charge in [-0.05, 0) is 44.9 Å². The summed E-state index contributed by atoms with van der Waals surface area (Å²) < 4.78 is 24.4. The van der Waals surface area contributed by atoms with Crippen LogP contribution in [0.1, 0.15) is 60.4 Å². The molecule has 1 N–H and O–H groups in total. The van der Waals surface area contributed by atoms with E-state index in [1.165, 1.54) is 12.1 Å². The van der Waals surface area contributed by atoms with E-state index in [1.54, 1.807) is 30.9 Å². The van der Waals surface area contributed by atoms with Gasteiger partial charge < -0.3 is 14.6 Å². The van der Waals surface area contributed by atoms with E-state index in [2.05, 4.69) is 25.5 Å². The largest absolute Gasteiger partial charge is 0.485 e. The third kappa shape index (κ3) is 3.42. The first-order chi connectivity index (χ1) is 16.5. The second-order valence-electron chi connectivity index (χ2n) is 8.83. The molecule has 1 amide bonds. The first-order valence-corrected chi connectivity index (χ1v) is 11.2. The van der Waals surface area contributed by atoms with E-state index >= 15 is 0 Å². The minimum absolute atomic E-state index is 0.102. The molecular weight excluding hydrogens is 437 g/mol. The van der Waals surface area contributed by atoms with Crippen LogP contribution >= 0.6 is 0 Å². The first kappa shape index (κ1) is 20.5. The Bertz CT molecular complexity index is 1420. The summed E-state index contributed by atoms with van der Waals surface area (Å²) in [6, 6.07) is 8.08. The van der Waals surface area contributed by atoms with Gasteiger partial charge in [0.2, 0.25) is 0 Å². The Morgan fingerprint density at radius 3 is 2.88 bits per heavy atom. The molecule has 0 spiro atoms. The predicted octanol–water partition coefficient (Wildman–Crippen LogP) is 4.27. The number of hydrogen-bond donors (Lipinski definition) is 1. The number of rotatable bonds is 5. The van der Waals surface area contributed by atoms with E-state index in [1.807, 2.05) is 23.0 Å². The average Bonchev–Trinajstić information content (AvgIpc) is 3.37. The fourth-order valence-corrected chi connectivity index (χ4v) is 4.22. The summed E-state index contributed by atoms with van der Waals surface area (Å²) in [5.41, 5.74) is 3.03. The van der Waals surface area contributed by atoms with Crippen LogP contribution in [0.3, 0.4) is 0 Å². The zero-order chi connectivity index (χ0) is 23.4. The number of anilines is 1. The molecule has 4 heterocycles. The van der Waals surface area contributed by atoms with Gasteiger partial charge in [0.1, 0.15) is 36.0 Å². The summed E-state index contributed by atoms with van der Waals surface area (Å²) in [5.74, 6) is 0.442. The molecule has 1 aromatic carbocycles. The number of pyridine rings is 1. The molecule has 34 heavy (non-hydrogen) atoms. The molecule has 4 aromatic rings. The third-order valence-electron chi connectivity index (χ3n) is 6.13. The molecule has 6 rings (SSSR count). The standard InChI is InChI=1S/C24H22FN7O2/c1-13(2)31-12-27-30-23(31)17-4-3-5-21(28-17)29-24(33)15-8-18-20(9-16(15)25)34-10-19-22(14-6-7-14)26-11-32(18)19/h3-5,8-9,11-14H,6-7,10H2,1-2H3,(H,28,29,33). The number of halogens is 1. The van der Waals surface area contributed by atoms with Crippen molar-refractivity contribution in [3.05, 3.63) is 65.8 Å². The molecule has 0 unspecified atom stereocenters. The van der Waals surface area contributed by atoms with Crippen LogP contribution in [0.4, 0.5) is 10.2 Å². The van der Waals surface area contributed by atoms with Crippen molar-refractivity contribution in [2.24, 2.45) is 0 Å². The van der Waals surface area contributed by atoms with E-state index in [9.17, 15) is 9.18 Å². The summed E-state index contributed by atoms with van der Waals surface area (Å²) >= 11 is 0. The predicted molar refractivity (Wildman–Crippen MR) is 121 cm³/mol. The lowest BCUT2D eigenvalue weighted by molar-refractivity contribution is 0.102. The van der Waals surface area contributed by atoms with Crippen LogP contribution < -0.4 is 10.1 Å². The summed E-state index contributed by atoms with van der Waals surface area (Å²) in [7, 11) is 0. The number of carbonyl (C=O) groups excluding carboxylic acids is 1. The van der Waals surface area contributed by atoms with Crippen LogP contribution in [0.25, 0.3) is 17.2 Å². The molecule has 2 aliphatic rings. The maximum Gasteiger partial charge on any atom is 0.259 e. The van der Waals surface area contributed by atoms with E-state index in [4.69, 9.17) is 4.74 Å². The van der Waals surface area contributed by atoms with Gasteiger partial charge >= 0.3 is 0 Å². The van der Waals surface area contributed by atoms with Crippen molar-refractivity contribution in [3.63, 3.8) is 0 Å². The molecule has 10 heteroatoms. The van der Waals surface area contributed by atoms with E-state index in [0.717, 1.165) is 24.2 Å². The minimum Gasteiger partial charge on any atom is -0.485 e. The normalized spacial score (nSPS) is 14.5. The molecule has 1 fully saturated rings. The number of imidazole rings is 1. The number of fused-ring (bicyclic) bond motifs is 3. The monoisotopic (exact) mass is 459 g/mol. The number of carbonyl (C=O) groups is 1. The molecule has 0 saturated heterocycles. The molecular formula is C24H22FN7O2. The zero-order valence-electron chi connectivity index (χ0n) is 18.7. The lowest BCUT2D eigenvalue weighted by Gasteiger charge is -2.21. The van der Waals surface area contributed by atoms with Crippen molar-refractivity contribution in [1.82, 2.24) is 29.3 Å². The van der Waals surface area contributed by atoms with Crippen LogP contribution in [-0.4, -0.2) is 35.2 Å². The van der Waals surface area contributed by atoms with Gasteiger partial charge in [0.15, 0.2) is 5.82 Å². The van der Waals surface area contributed by atoms with Crippen molar-refractivity contribution in [2.75, 3.05) is 5.32 Å². The van der Waals surface area contributed by atoms with Gasteiger partial charge in [-0.25, -0.2) is 14.4 Å². The van der Waals surface area contributed by atoms with Crippen molar-refractivity contribution >= 4 is 11.7 Å². The highest BCUT2D eigenvalue weighted by Crippen LogP contribution is 2.43. The van der Waals surface area contributed by atoms with Crippen molar-refractivity contribution in [1.29, 1.82) is 0 Å². The Kier molecular flexibility index (Phi) is 4.68. The maximum atomic E-state index is 14.9. The highest BCUT2D eigenvalue weighted by Gasteiger charge is 2.32. The highest BCUT2D eigenvalue weighted by molar-refractivity contribution is 6.04. The Morgan fingerprint density at radius 1 is 1.24 bits per heavy atom. The number of benzene rings is 1. The van der Waals surface area contributed by atoms with Gasteiger partial charge in [0.25, 0.3) is 5.91 Å². The molecule has 0 radical (unpaired) electrons. The molecule has 0 bridgehead atoms. The molecule has 172 valence electrons. The van der Waals surface area contributed by atoms with Crippen LogP contribution in [0, 0.1) is 5.82 Å². The number of nitrogens with zero attached hydrogens (tertiary/aromatic N) is 6. The first-order valence-electron chi connectivity index (χ1n) is 11.2. The Balaban J connectivity index is 1.31. The topological polar surface area (TPSA) is 99.8 Å². The van der Waals surface area contributed by atoms with Crippen LogP contribution in [0.2, 0.25) is 0 Å². The Labute approximate surface area is 194 Å². The fraction of sp³-hybridized carbons (Fsp3) is 0.292. The van der Waals surface area contributed by atoms with E-state index in [0.29, 0.717) is 35.5 Å². The zero-order valence-corrected chi connectivity index (χ0v) is 18.7. The summed E-state index contributed by atoms with van der Waals surface area (Å²) in [5, 5.41) is 10.8. The molecule has 1 aliphatic heterocycles. The molecule has 0 atom stereocenters. The smallest absolute Gasteiger partial charge is 0.259 e. The van der Waals surface area contributed by atoms with Gasteiger partial charge in [-0.2, -0.15) is 0 Å². The van der Waals surface area contributed by atoms with Gasteiger partial charge in [0.05, 0.1) is 29.0 Å². The summed E-state index contributed by atoms with van der Waals surface area (Å²) in [6.45, 7) is 4.36. The third-order valence-corrected chi connectivity index (χ3v) is 6.13. The number of nitrogens with one attached hydrogen (secondary N) is 1. The van der Waals surface area contributed by atoms with Gasteiger partial charge in [-0.3, -0.25) is 9.36 Å². The quantitative estimate of drug-likeness (QED) is 0.479. The maximum absolute atomic E-state index is 14.9. The second-order valence-corrected chi connectivity index (χ2v) is 8.83. The van der Waals surface area contributed by atoms with Gasteiger partial charge in [-0.1, -0.05) is 6.07 Å². The molecule has 1 aliphatic carbocycles. The van der Waals surface area contributed by atoms with Gasteiger partial charge in [-0.15, -0.1) is 10.2 Å². The average molecular weight is 459 g/mol. The van der Waals surface area contributed by atoms with Crippen LogP contribution in [0.15, 0.2) is 43.0 Å². The highest BCUT2D eigenvalue weighted by atomic mass is 19.1. The van der Waals surface area contributed by atoms with E-state index in [-0.39, 0.29) is 17.4 Å². The van der Waals surface area contributed by atoms with Crippen molar-refractivity contribution in [3.8, 4) is 23.0 Å². The van der Waals surface area contributed by atoms with Crippen LogP contribution in [0.5, 0.6) is 5.75 Å². The van der Waals surface area contributed by atoms with Crippen molar-refractivity contribution in [2.45, 2.75) is 45.3 Å². The molecule has 1 saturated carbocycles. The van der Waals surface area contributed by atoms with Crippen LogP contribution in [-0.2, 0) is 6.61 Å². The fourth-order valence-electron chi connectivity index (χ4n) is 4.22. The molecule has 3 aromatic heterocycles. The number of amides is 1. The van der Waals surface area contributed by atoms with Crippen molar-refractivity contribution < 1.29 is 13.9 Å². The second kappa shape index (κ2) is 7.75. The summed E-state index contributed by atoms with van der Waals surface area (Å²) in [6.07, 6.45) is 5.59. The lowest BCUT2D eigenvalue weighted by atomic mass is 10.1. The van der Waals surface area contributed by atoms with Gasteiger partial charge in [0, 0.05) is 18.0 Å². The summed E-state index contributed by atoms with van der Waals surface area (Å²) in [4.78, 5) is 22.1. The number of ether oxygens (including phenoxy) is 1. The Morgan fingerprint density at radius 2 is 2.09 bits per heavy atom. The Hall–Kier alpha value is -4.08.